The first-order valence-corrected chi connectivity index (χ1v) is 6.80. The second-order valence-electron chi connectivity index (χ2n) is 3.11. The molecule has 16 heavy (non-hydrogen) atoms. The molecule has 0 aliphatic carbocycles. The van der Waals surface area contributed by atoms with Crippen molar-refractivity contribution in [3.63, 3.8) is 0 Å². The van der Waals surface area contributed by atoms with E-state index < -0.39 is 0 Å². The van der Waals surface area contributed by atoms with E-state index in [0.29, 0.717) is 0 Å². The van der Waals surface area contributed by atoms with Gasteiger partial charge < -0.3 is 0 Å². The Bertz CT molecular complexity index is 408. The third-order valence-corrected chi connectivity index (χ3v) is 3.89. The summed E-state index contributed by atoms with van der Waals surface area (Å²) >= 11 is 3.58. The molecule has 0 saturated heterocycles. The molecule has 0 N–H and O–H groups in total. The number of hydrogen-bond donors (Lipinski definition) is 0. The van der Waals surface area contributed by atoms with Gasteiger partial charge in [-0.05, 0) is 22.9 Å². The molecule has 0 aliphatic heterocycles. The van der Waals surface area contributed by atoms with Crippen LogP contribution in [0.15, 0.2) is 71.4 Å². The number of thiophene rings is 2. The van der Waals surface area contributed by atoms with Crippen LogP contribution in [0, 0.1) is 0 Å². The second kappa shape index (κ2) is 6.26. The van der Waals surface area contributed by atoms with Crippen molar-refractivity contribution in [1.29, 1.82) is 0 Å². The quantitative estimate of drug-likeness (QED) is 0.554. The first-order chi connectivity index (χ1) is 7.97. The van der Waals surface area contributed by atoms with Gasteiger partial charge >= 0.3 is 0 Å². The summed E-state index contributed by atoms with van der Waals surface area (Å²) in [5.74, 6) is 0. The van der Waals surface area contributed by atoms with Crippen molar-refractivity contribution in [3.8, 4) is 9.75 Å². The number of hydrogen-bond acceptors (Lipinski definition) is 2. The summed E-state index contributed by atoms with van der Waals surface area (Å²) in [6, 6.07) is 20.5. The molecule has 0 saturated carbocycles. The molecule has 2 heterocycles. The average Bonchev–Trinajstić information content (AvgIpc) is 3.05. The Labute approximate surface area is 104 Å². The minimum absolute atomic E-state index is 1.37. The minimum Gasteiger partial charge on any atom is -0.143 e. The third kappa shape index (κ3) is 3.33. The zero-order valence-electron chi connectivity index (χ0n) is 8.74. The Hall–Kier alpha value is -1.38. The van der Waals surface area contributed by atoms with E-state index in [1.807, 2.05) is 36.4 Å². The first-order valence-electron chi connectivity index (χ1n) is 5.04. The molecule has 0 nitrogen and oxygen atoms in total. The van der Waals surface area contributed by atoms with Crippen molar-refractivity contribution in [3.05, 3.63) is 71.4 Å². The van der Waals surface area contributed by atoms with Crippen molar-refractivity contribution >= 4 is 22.7 Å². The Balaban J connectivity index is 0.000000138. The van der Waals surface area contributed by atoms with Gasteiger partial charge in [-0.25, -0.2) is 0 Å². The first kappa shape index (κ1) is 11.1. The zero-order chi connectivity index (χ0) is 11.1. The van der Waals surface area contributed by atoms with Crippen LogP contribution in [0.25, 0.3) is 9.75 Å². The lowest BCUT2D eigenvalue weighted by Crippen LogP contribution is -1.55. The maximum Gasteiger partial charge on any atom is 0.0442 e. The van der Waals surface area contributed by atoms with Crippen molar-refractivity contribution < 1.29 is 0 Å². The van der Waals surface area contributed by atoms with Crippen molar-refractivity contribution in [2.75, 3.05) is 0 Å². The third-order valence-electron chi connectivity index (χ3n) is 1.95. The maximum absolute atomic E-state index is 2.15. The van der Waals surface area contributed by atoms with Gasteiger partial charge in [0.25, 0.3) is 0 Å². The summed E-state index contributed by atoms with van der Waals surface area (Å²) in [4.78, 5) is 2.74. The Morgan fingerprint density at radius 2 is 0.875 bits per heavy atom. The highest BCUT2D eigenvalue weighted by Gasteiger charge is 1.96. The smallest absolute Gasteiger partial charge is 0.0442 e. The van der Waals surface area contributed by atoms with Crippen LogP contribution in [0.3, 0.4) is 0 Å². The SMILES string of the molecule is c1ccccc1.c1csc(-c2cccs2)c1. The van der Waals surface area contributed by atoms with Crippen LogP contribution in [0.4, 0.5) is 0 Å². The molecule has 0 fully saturated rings. The summed E-state index contributed by atoms with van der Waals surface area (Å²) in [5, 5.41) is 4.21. The fourth-order valence-corrected chi connectivity index (χ4v) is 2.80. The molecule has 3 aromatic rings. The van der Waals surface area contributed by atoms with Crippen LogP contribution in [-0.2, 0) is 0 Å². The maximum atomic E-state index is 2.15. The van der Waals surface area contributed by atoms with Gasteiger partial charge in [0, 0.05) is 9.75 Å². The number of rotatable bonds is 1. The van der Waals surface area contributed by atoms with Crippen LogP contribution in [-0.4, -0.2) is 0 Å². The Morgan fingerprint density at radius 3 is 1.12 bits per heavy atom. The highest BCUT2D eigenvalue weighted by Crippen LogP contribution is 2.28. The molecule has 2 heteroatoms. The van der Waals surface area contributed by atoms with Crippen LogP contribution >= 0.6 is 22.7 Å². The van der Waals surface area contributed by atoms with Crippen LogP contribution in [0.1, 0.15) is 0 Å². The van der Waals surface area contributed by atoms with Gasteiger partial charge in [0.15, 0.2) is 0 Å². The fraction of sp³-hybridized carbons (Fsp3) is 0. The fourth-order valence-electron chi connectivity index (χ4n) is 1.22. The molecule has 1 aromatic carbocycles. The van der Waals surface area contributed by atoms with Gasteiger partial charge in [-0.15, -0.1) is 22.7 Å². The van der Waals surface area contributed by atoms with Gasteiger partial charge in [-0.2, -0.15) is 0 Å². The predicted molar refractivity (Wildman–Crippen MR) is 74.1 cm³/mol. The Morgan fingerprint density at radius 1 is 0.500 bits per heavy atom. The van der Waals surface area contributed by atoms with Crippen molar-refractivity contribution in [1.82, 2.24) is 0 Å². The summed E-state index contributed by atoms with van der Waals surface area (Å²) in [6.45, 7) is 0. The zero-order valence-corrected chi connectivity index (χ0v) is 10.4. The van der Waals surface area contributed by atoms with E-state index in [2.05, 4.69) is 35.0 Å². The molecule has 0 radical (unpaired) electrons. The van der Waals surface area contributed by atoms with Gasteiger partial charge in [-0.3, -0.25) is 0 Å². The number of benzene rings is 1. The highest BCUT2D eigenvalue weighted by atomic mass is 32.1. The highest BCUT2D eigenvalue weighted by molar-refractivity contribution is 7.20. The molecule has 2 aromatic heterocycles. The molecule has 0 aliphatic rings. The van der Waals surface area contributed by atoms with E-state index in [4.69, 9.17) is 0 Å². The predicted octanol–water partition coefficient (Wildman–Crippen LogP) is 5.16. The van der Waals surface area contributed by atoms with Gasteiger partial charge in [0.2, 0.25) is 0 Å². The van der Waals surface area contributed by atoms with Crippen LogP contribution < -0.4 is 0 Å². The monoisotopic (exact) mass is 244 g/mol. The molecule has 0 spiro atoms. The van der Waals surface area contributed by atoms with Crippen LogP contribution in [0.5, 0.6) is 0 Å². The molecule has 0 bridgehead atoms. The Kier molecular flexibility index (Phi) is 4.35. The topological polar surface area (TPSA) is 0 Å². The molecular formula is C14H12S2. The minimum atomic E-state index is 1.37. The standard InChI is InChI=1S/C8H6S2.C6H6/c1-3-7(9-5-1)8-4-2-6-10-8;1-2-4-6-5-3-1/h1-6H;1-6H. The lowest BCUT2D eigenvalue weighted by molar-refractivity contribution is 1.72. The lowest BCUT2D eigenvalue weighted by Gasteiger charge is -1.84. The molecule has 80 valence electrons. The summed E-state index contributed by atoms with van der Waals surface area (Å²) in [6.07, 6.45) is 0. The van der Waals surface area contributed by atoms with E-state index in [9.17, 15) is 0 Å². The second-order valence-corrected chi connectivity index (χ2v) is 5.00. The molecule has 0 amide bonds. The van der Waals surface area contributed by atoms with E-state index in [1.54, 1.807) is 22.7 Å². The van der Waals surface area contributed by atoms with E-state index in [-0.39, 0.29) is 0 Å². The normalized spacial score (nSPS) is 9.25. The molecule has 0 unspecified atom stereocenters. The molecular weight excluding hydrogens is 232 g/mol. The molecule has 0 atom stereocenters. The van der Waals surface area contributed by atoms with Crippen molar-refractivity contribution in [2.45, 2.75) is 0 Å². The van der Waals surface area contributed by atoms with Gasteiger partial charge in [0.1, 0.15) is 0 Å². The lowest BCUT2D eigenvalue weighted by atomic mass is 10.4. The van der Waals surface area contributed by atoms with Gasteiger partial charge in [0.05, 0.1) is 0 Å². The van der Waals surface area contributed by atoms with E-state index >= 15 is 0 Å². The van der Waals surface area contributed by atoms with Crippen molar-refractivity contribution in [2.24, 2.45) is 0 Å². The molecule has 3 rings (SSSR count). The summed E-state index contributed by atoms with van der Waals surface area (Å²) < 4.78 is 0. The summed E-state index contributed by atoms with van der Waals surface area (Å²) in [5.41, 5.74) is 0. The van der Waals surface area contributed by atoms with Gasteiger partial charge in [-0.1, -0.05) is 48.5 Å². The largest absolute Gasteiger partial charge is 0.143 e. The van der Waals surface area contributed by atoms with Crippen LogP contribution in [0.2, 0.25) is 0 Å². The average molecular weight is 244 g/mol. The van der Waals surface area contributed by atoms with E-state index in [0.717, 1.165) is 0 Å². The summed E-state index contributed by atoms with van der Waals surface area (Å²) in [7, 11) is 0. The van der Waals surface area contributed by atoms with E-state index in [1.165, 1.54) is 9.75 Å².